The zero-order valence-corrected chi connectivity index (χ0v) is 14.7. The fourth-order valence-electron chi connectivity index (χ4n) is 1.80. The molecule has 0 saturated heterocycles. The molecule has 0 aliphatic heterocycles. The molecule has 0 aliphatic rings. The molecule has 0 aromatic heterocycles. The highest BCUT2D eigenvalue weighted by Gasteiger charge is 2.10. The average molecular weight is 471 g/mol. The third kappa shape index (κ3) is 3.64. The molecule has 2 aromatic carbocycles. The smallest absolute Gasteiger partial charge is 0.270 e. The molecule has 110 valence electrons. The number of benzene rings is 2. The van der Waals surface area contributed by atoms with Gasteiger partial charge in [0.2, 0.25) is 0 Å². The lowest BCUT2D eigenvalue weighted by atomic mass is 10.0. The van der Waals surface area contributed by atoms with Gasteiger partial charge in [0.15, 0.2) is 0 Å². The quantitative estimate of drug-likeness (QED) is 0.231. The van der Waals surface area contributed by atoms with Crippen molar-refractivity contribution in [3.8, 4) is 11.8 Å². The molecule has 5 nitrogen and oxygen atoms in total. The van der Waals surface area contributed by atoms with Gasteiger partial charge in [0.25, 0.3) is 5.69 Å². The van der Waals surface area contributed by atoms with Gasteiger partial charge < -0.3 is 5.11 Å². The molecule has 0 atom stereocenters. The van der Waals surface area contributed by atoms with Crippen molar-refractivity contribution in [1.29, 1.82) is 5.26 Å². The number of phenols is 1. The van der Waals surface area contributed by atoms with E-state index in [0.29, 0.717) is 24.7 Å². The van der Waals surface area contributed by atoms with Crippen LogP contribution >= 0.6 is 38.5 Å². The van der Waals surface area contributed by atoms with E-state index in [-0.39, 0.29) is 11.4 Å². The van der Waals surface area contributed by atoms with E-state index >= 15 is 0 Å². The Bertz CT molecular complexity index is 805. The first-order chi connectivity index (χ1) is 10.4. The van der Waals surface area contributed by atoms with Gasteiger partial charge in [-0.05, 0) is 67.9 Å². The van der Waals surface area contributed by atoms with Crippen molar-refractivity contribution in [1.82, 2.24) is 0 Å². The van der Waals surface area contributed by atoms with Crippen molar-refractivity contribution in [3.05, 3.63) is 65.7 Å². The highest BCUT2D eigenvalue weighted by Crippen LogP contribution is 2.32. The molecule has 2 aromatic rings. The maximum atomic E-state index is 10.8. The van der Waals surface area contributed by atoms with Crippen LogP contribution in [0.5, 0.6) is 5.75 Å². The van der Waals surface area contributed by atoms with Gasteiger partial charge in [-0.2, -0.15) is 5.26 Å². The molecule has 0 heterocycles. The van der Waals surface area contributed by atoms with Crippen LogP contribution in [-0.4, -0.2) is 10.0 Å². The summed E-state index contributed by atoms with van der Waals surface area (Å²) < 4.78 is 1.15. The number of hydrogen-bond donors (Lipinski definition) is 1. The lowest BCUT2D eigenvalue weighted by Gasteiger charge is -2.04. The van der Waals surface area contributed by atoms with E-state index in [0.717, 1.165) is 0 Å². The Kier molecular flexibility index (Phi) is 5.15. The van der Waals surface area contributed by atoms with Crippen molar-refractivity contribution in [2.75, 3.05) is 0 Å². The van der Waals surface area contributed by atoms with E-state index in [1.54, 1.807) is 24.3 Å². The van der Waals surface area contributed by atoms with Gasteiger partial charge in [-0.25, -0.2) is 0 Å². The molecule has 0 fully saturated rings. The number of allylic oxidation sites excluding steroid dienone is 1. The van der Waals surface area contributed by atoms with E-state index in [1.165, 1.54) is 18.2 Å². The second-order valence-corrected chi connectivity index (χ2v) is 6.33. The summed E-state index contributed by atoms with van der Waals surface area (Å²) in [6.07, 6.45) is 1.62. The molecule has 0 saturated carbocycles. The zero-order chi connectivity index (χ0) is 16.3. The maximum absolute atomic E-state index is 10.8. The number of nitriles is 1. The number of phenolic OH excluding ortho intramolecular Hbond substituents is 1. The third-order valence-electron chi connectivity index (χ3n) is 2.84. The van der Waals surface area contributed by atoms with Gasteiger partial charge in [0, 0.05) is 12.1 Å². The first-order valence-corrected chi connectivity index (χ1v) is 7.84. The normalized spacial score (nSPS) is 11.0. The Hall–Kier alpha value is -1.92. The monoisotopic (exact) mass is 470 g/mol. The van der Waals surface area contributed by atoms with Gasteiger partial charge >= 0.3 is 0 Å². The molecule has 0 amide bonds. The highest BCUT2D eigenvalue weighted by atomic mass is 127. The van der Waals surface area contributed by atoms with Crippen molar-refractivity contribution in [3.63, 3.8) is 0 Å². The minimum atomic E-state index is -0.501. The van der Waals surface area contributed by atoms with Gasteiger partial charge in [-0.1, -0.05) is 12.1 Å². The van der Waals surface area contributed by atoms with Crippen molar-refractivity contribution >= 4 is 55.9 Å². The number of non-ortho nitro benzene ring substituents is 1. The SMILES string of the molecule is N#C/C(=C/c1cc(Br)c(O)c(I)c1)c1cccc([N+](=O)[O-])c1. The van der Waals surface area contributed by atoms with Crippen LogP contribution in [0.4, 0.5) is 5.69 Å². The third-order valence-corrected chi connectivity index (χ3v) is 4.27. The van der Waals surface area contributed by atoms with Crippen LogP contribution in [0.3, 0.4) is 0 Å². The molecule has 0 radical (unpaired) electrons. The van der Waals surface area contributed by atoms with Gasteiger partial charge in [0.05, 0.1) is 24.6 Å². The number of hydrogen-bond acceptors (Lipinski definition) is 4. The highest BCUT2D eigenvalue weighted by molar-refractivity contribution is 14.1. The van der Waals surface area contributed by atoms with Crippen LogP contribution in [0, 0.1) is 25.0 Å². The number of nitro benzene ring substituents is 1. The van der Waals surface area contributed by atoms with E-state index < -0.39 is 4.92 Å². The van der Waals surface area contributed by atoms with Crippen LogP contribution in [0.15, 0.2) is 40.9 Å². The van der Waals surface area contributed by atoms with Crippen molar-refractivity contribution in [2.45, 2.75) is 0 Å². The fourth-order valence-corrected chi connectivity index (χ4v) is 3.30. The summed E-state index contributed by atoms with van der Waals surface area (Å²) in [6.45, 7) is 0. The molecule has 1 N–H and O–H groups in total. The second-order valence-electron chi connectivity index (χ2n) is 4.31. The van der Waals surface area contributed by atoms with Gasteiger partial charge in [-0.15, -0.1) is 0 Å². The predicted molar refractivity (Wildman–Crippen MR) is 95.1 cm³/mol. The Balaban J connectivity index is 2.51. The molecule has 7 heteroatoms. The summed E-state index contributed by atoms with van der Waals surface area (Å²) in [6, 6.07) is 11.3. The van der Waals surface area contributed by atoms with Crippen LogP contribution in [0.1, 0.15) is 11.1 Å². The molecular formula is C15H8BrIN2O3. The van der Waals surface area contributed by atoms with Crippen LogP contribution in [-0.2, 0) is 0 Å². The van der Waals surface area contributed by atoms with Crippen LogP contribution < -0.4 is 0 Å². The van der Waals surface area contributed by atoms with Crippen LogP contribution in [0.2, 0.25) is 0 Å². The van der Waals surface area contributed by atoms with Crippen molar-refractivity contribution in [2.24, 2.45) is 0 Å². The molecule has 0 spiro atoms. The number of rotatable bonds is 3. The largest absolute Gasteiger partial charge is 0.506 e. The summed E-state index contributed by atoms with van der Waals surface area (Å²) in [5.74, 6) is 0.131. The molecule has 0 aliphatic carbocycles. The standard InChI is InChI=1S/C15H8BrIN2O3/c16-13-5-9(6-14(17)15(13)20)4-11(8-18)10-2-1-3-12(7-10)19(21)22/h1-7,20H/b11-4-. The summed E-state index contributed by atoms with van der Waals surface area (Å²) in [5, 5.41) is 29.9. The maximum Gasteiger partial charge on any atom is 0.270 e. The molecule has 0 bridgehead atoms. The van der Waals surface area contributed by atoms with Gasteiger partial charge in [0.1, 0.15) is 5.75 Å². The minimum absolute atomic E-state index is 0.0693. The summed E-state index contributed by atoms with van der Waals surface area (Å²) in [4.78, 5) is 10.3. The number of nitro groups is 1. The van der Waals surface area contributed by atoms with Gasteiger partial charge in [-0.3, -0.25) is 10.1 Å². The number of halogens is 2. The first-order valence-electron chi connectivity index (χ1n) is 5.97. The lowest BCUT2D eigenvalue weighted by molar-refractivity contribution is -0.384. The van der Waals surface area contributed by atoms with Crippen LogP contribution in [0.25, 0.3) is 11.6 Å². The molecule has 0 unspecified atom stereocenters. The fraction of sp³-hybridized carbons (Fsp3) is 0. The molecule has 22 heavy (non-hydrogen) atoms. The van der Waals surface area contributed by atoms with E-state index in [2.05, 4.69) is 15.9 Å². The topological polar surface area (TPSA) is 87.2 Å². The summed E-state index contributed by atoms with van der Waals surface area (Å²) in [5.41, 5.74) is 1.41. The lowest BCUT2D eigenvalue weighted by Crippen LogP contribution is -1.90. The Morgan fingerprint density at radius 2 is 2.14 bits per heavy atom. The molecular weight excluding hydrogens is 463 g/mol. The molecule has 2 rings (SSSR count). The first kappa shape index (κ1) is 16.5. The number of aromatic hydroxyl groups is 1. The second kappa shape index (κ2) is 6.89. The Morgan fingerprint density at radius 1 is 1.41 bits per heavy atom. The van der Waals surface area contributed by atoms with E-state index in [4.69, 9.17) is 0 Å². The van der Waals surface area contributed by atoms with Crippen molar-refractivity contribution < 1.29 is 10.0 Å². The van der Waals surface area contributed by atoms with E-state index in [1.807, 2.05) is 28.7 Å². The Morgan fingerprint density at radius 3 is 2.73 bits per heavy atom. The summed E-state index contributed by atoms with van der Waals surface area (Å²) >= 11 is 5.22. The summed E-state index contributed by atoms with van der Waals surface area (Å²) in [7, 11) is 0. The predicted octanol–water partition coefficient (Wildman–Crippen LogP) is 4.73. The Labute approximate surface area is 148 Å². The van der Waals surface area contributed by atoms with E-state index in [9.17, 15) is 20.5 Å². The average Bonchev–Trinajstić information content (AvgIpc) is 2.50. The minimum Gasteiger partial charge on any atom is -0.506 e. The number of nitrogens with zero attached hydrogens (tertiary/aromatic N) is 2. The zero-order valence-electron chi connectivity index (χ0n) is 11.0.